The maximum atomic E-state index is 2.46. The molecule has 0 atom stereocenters. The zero-order chi connectivity index (χ0) is 40.0. The van der Waals surface area contributed by atoms with Gasteiger partial charge in [-0.1, -0.05) is 178 Å². The number of para-hydroxylation sites is 1. The van der Waals surface area contributed by atoms with Crippen molar-refractivity contribution in [1.29, 1.82) is 0 Å². The van der Waals surface area contributed by atoms with E-state index in [1.165, 1.54) is 86.9 Å². The monoisotopic (exact) mass is 783 g/mol. The van der Waals surface area contributed by atoms with E-state index in [2.05, 4.69) is 231 Å². The van der Waals surface area contributed by atoms with Crippen LogP contribution in [0.2, 0.25) is 0 Å². The van der Waals surface area contributed by atoms with Crippen molar-refractivity contribution in [3.8, 4) is 33.4 Å². The van der Waals surface area contributed by atoms with Crippen molar-refractivity contribution in [1.82, 2.24) is 0 Å². The summed E-state index contributed by atoms with van der Waals surface area (Å²) in [5.74, 6) is 0. The topological polar surface area (TPSA) is 3.24 Å². The van der Waals surface area contributed by atoms with E-state index in [1.54, 1.807) is 0 Å². The second-order valence-electron chi connectivity index (χ2n) is 16.8. The van der Waals surface area contributed by atoms with Gasteiger partial charge in [-0.3, -0.25) is 0 Å². The zero-order valence-corrected chi connectivity index (χ0v) is 34.4. The predicted octanol–water partition coefficient (Wildman–Crippen LogP) is 15.9. The van der Waals surface area contributed by atoms with Crippen LogP contribution >= 0.6 is 11.3 Å². The third-order valence-electron chi connectivity index (χ3n) is 13.4. The summed E-state index contributed by atoms with van der Waals surface area (Å²) >= 11 is 1.89. The molecule has 0 amide bonds. The quantitative estimate of drug-likeness (QED) is 0.162. The Balaban J connectivity index is 0.949. The van der Waals surface area contributed by atoms with E-state index in [4.69, 9.17) is 0 Å². The molecule has 0 fully saturated rings. The number of thiophene rings is 1. The summed E-state index contributed by atoms with van der Waals surface area (Å²) in [5, 5.41) is 2.65. The van der Waals surface area contributed by atoms with Crippen LogP contribution in [0.3, 0.4) is 0 Å². The molecule has 1 nitrogen and oxygen atoms in total. The molecule has 0 N–H and O–H groups in total. The van der Waals surface area contributed by atoms with Crippen LogP contribution in [0, 0.1) is 0 Å². The molecule has 1 heterocycles. The maximum Gasteiger partial charge on any atom is 0.0714 e. The summed E-state index contributed by atoms with van der Waals surface area (Å²) in [7, 11) is 0. The highest BCUT2D eigenvalue weighted by atomic mass is 32.1. The largest absolute Gasteiger partial charge is 0.310 e. The SMILES string of the molecule is CC1(C)c2ccccc2-c2ccc(N(c3ccccc3)c3ccc(-c4ccc(C5(c6ccc7c(c6)sc6ccccc67)c6ccccc6-c6ccccc65)cc4)cc3)cc21. The molecule has 2 aliphatic rings. The summed E-state index contributed by atoms with van der Waals surface area (Å²) in [5.41, 5.74) is 18.6. The average Bonchev–Trinajstić information content (AvgIpc) is 3.91. The first-order chi connectivity index (χ1) is 29.5. The molecule has 0 saturated carbocycles. The molecule has 0 bridgehead atoms. The summed E-state index contributed by atoms with van der Waals surface area (Å²) in [6.45, 7) is 4.70. The number of hydrogen-bond donors (Lipinski definition) is 0. The average molecular weight is 784 g/mol. The first kappa shape index (κ1) is 35.0. The second-order valence-corrected chi connectivity index (χ2v) is 17.9. The van der Waals surface area contributed by atoms with Gasteiger partial charge in [0.25, 0.3) is 0 Å². The molecule has 60 heavy (non-hydrogen) atoms. The van der Waals surface area contributed by atoms with Gasteiger partial charge in [0.2, 0.25) is 0 Å². The first-order valence-electron chi connectivity index (χ1n) is 20.9. The Morgan fingerprint density at radius 1 is 0.350 bits per heavy atom. The Labute approximate surface area is 355 Å². The van der Waals surface area contributed by atoms with E-state index < -0.39 is 5.41 Å². The number of anilines is 3. The van der Waals surface area contributed by atoms with E-state index in [0.29, 0.717) is 0 Å². The normalized spacial score (nSPS) is 14.1. The van der Waals surface area contributed by atoms with E-state index in [-0.39, 0.29) is 5.41 Å². The molecule has 0 unspecified atom stereocenters. The van der Waals surface area contributed by atoms with Crippen LogP contribution in [0.1, 0.15) is 47.2 Å². The molecule has 0 radical (unpaired) electrons. The number of hydrogen-bond acceptors (Lipinski definition) is 2. The standard InChI is InChI=1S/C58H41NS/c1-57(2)51-20-10-6-16-45(51)48-35-33-44(37-54(48)57)59(42-14-4-3-5-15-42)43-31-26-39(27-32-43)38-24-28-40(29-25-38)58(52-21-11-7-17-46(52)47-18-8-12-22-53(47)58)41-30-34-50-49-19-9-13-23-55(49)60-56(50)36-41/h3-37H,1-2H3. The van der Waals surface area contributed by atoms with Gasteiger partial charge in [0.1, 0.15) is 0 Å². The molecular weight excluding hydrogens is 743 g/mol. The summed E-state index contributed by atoms with van der Waals surface area (Å²) in [6.07, 6.45) is 0. The van der Waals surface area contributed by atoms with E-state index in [9.17, 15) is 0 Å². The second kappa shape index (κ2) is 13.3. The Morgan fingerprint density at radius 3 is 1.55 bits per heavy atom. The van der Waals surface area contributed by atoms with Gasteiger partial charge in [-0.15, -0.1) is 11.3 Å². The lowest BCUT2D eigenvalue weighted by molar-refractivity contribution is 0.660. The minimum absolute atomic E-state index is 0.0765. The summed E-state index contributed by atoms with van der Waals surface area (Å²) in [6, 6.07) is 79.1. The van der Waals surface area contributed by atoms with Crippen molar-refractivity contribution in [2.45, 2.75) is 24.7 Å². The molecule has 12 rings (SSSR count). The maximum absolute atomic E-state index is 2.46. The van der Waals surface area contributed by atoms with Gasteiger partial charge in [-0.2, -0.15) is 0 Å². The first-order valence-corrected chi connectivity index (χ1v) is 21.7. The van der Waals surface area contributed by atoms with Gasteiger partial charge in [-0.25, -0.2) is 0 Å². The van der Waals surface area contributed by atoms with E-state index in [1.807, 2.05) is 11.3 Å². The lowest BCUT2D eigenvalue weighted by Crippen LogP contribution is -2.28. The molecular formula is C58H41NS. The molecule has 284 valence electrons. The summed E-state index contributed by atoms with van der Waals surface area (Å²) < 4.78 is 2.65. The molecule has 0 aliphatic heterocycles. The van der Waals surface area contributed by atoms with Crippen LogP contribution in [0.15, 0.2) is 212 Å². The van der Waals surface area contributed by atoms with E-state index in [0.717, 1.165) is 17.1 Å². The van der Waals surface area contributed by atoms with Gasteiger partial charge < -0.3 is 4.90 Å². The fourth-order valence-corrected chi connectivity index (χ4v) is 11.7. The van der Waals surface area contributed by atoms with E-state index >= 15 is 0 Å². The Morgan fingerprint density at radius 2 is 0.850 bits per heavy atom. The lowest BCUT2D eigenvalue weighted by atomic mass is 9.67. The van der Waals surface area contributed by atoms with Crippen molar-refractivity contribution in [2.24, 2.45) is 0 Å². The van der Waals surface area contributed by atoms with Gasteiger partial charge in [0.05, 0.1) is 5.41 Å². The third kappa shape index (κ3) is 5.04. The van der Waals surface area contributed by atoms with Crippen LogP contribution in [-0.2, 0) is 10.8 Å². The van der Waals surface area contributed by atoms with Crippen LogP contribution in [0.4, 0.5) is 17.1 Å². The minimum Gasteiger partial charge on any atom is -0.310 e. The van der Waals surface area contributed by atoms with Gasteiger partial charge in [0, 0.05) is 42.6 Å². The number of fused-ring (bicyclic) bond motifs is 9. The molecule has 10 aromatic rings. The van der Waals surface area contributed by atoms with Gasteiger partial charge >= 0.3 is 0 Å². The van der Waals surface area contributed by atoms with Crippen molar-refractivity contribution in [3.05, 3.63) is 246 Å². The van der Waals surface area contributed by atoms with Crippen LogP contribution in [0.5, 0.6) is 0 Å². The Hall–Kier alpha value is -7.00. The summed E-state index contributed by atoms with van der Waals surface area (Å²) in [4.78, 5) is 2.39. The fourth-order valence-electron chi connectivity index (χ4n) is 10.6. The van der Waals surface area contributed by atoms with Crippen molar-refractivity contribution in [3.63, 3.8) is 0 Å². The smallest absolute Gasteiger partial charge is 0.0714 e. The molecule has 2 aliphatic carbocycles. The third-order valence-corrected chi connectivity index (χ3v) is 14.5. The van der Waals surface area contributed by atoms with Gasteiger partial charge in [0.15, 0.2) is 0 Å². The van der Waals surface area contributed by atoms with Crippen molar-refractivity contribution in [2.75, 3.05) is 4.90 Å². The highest BCUT2D eigenvalue weighted by Gasteiger charge is 2.46. The Kier molecular flexibility index (Phi) is 7.73. The van der Waals surface area contributed by atoms with Gasteiger partial charge in [-0.05, 0) is 115 Å². The number of nitrogens with zero attached hydrogens (tertiary/aromatic N) is 1. The Bertz CT molecular complexity index is 3230. The lowest BCUT2D eigenvalue weighted by Gasteiger charge is -2.34. The zero-order valence-electron chi connectivity index (χ0n) is 33.6. The predicted molar refractivity (Wildman–Crippen MR) is 254 cm³/mol. The molecule has 9 aromatic carbocycles. The molecule has 0 saturated heterocycles. The van der Waals surface area contributed by atoms with Crippen LogP contribution in [-0.4, -0.2) is 0 Å². The molecule has 1 aromatic heterocycles. The fraction of sp³-hybridized carbons (Fsp3) is 0.0690. The number of benzene rings is 9. The van der Waals surface area contributed by atoms with Crippen LogP contribution < -0.4 is 4.90 Å². The highest BCUT2D eigenvalue weighted by Crippen LogP contribution is 2.57. The van der Waals surface area contributed by atoms with Crippen molar-refractivity contribution < 1.29 is 0 Å². The molecule has 2 heteroatoms. The highest BCUT2D eigenvalue weighted by molar-refractivity contribution is 7.25. The molecule has 0 spiro atoms. The van der Waals surface area contributed by atoms with Crippen LogP contribution in [0.25, 0.3) is 53.6 Å². The minimum atomic E-state index is -0.456. The van der Waals surface area contributed by atoms with Crippen molar-refractivity contribution >= 4 is 48.6 Å². The number of rotatable bonds is 6.